The molecule has 2 atom stereocenters. The van der Waals surface area contributed by atoms with Gasteiger partial charge in [0, 0.05) is 19.1 Å². The molecule has 1 heterocycles. The van der Waals surface area contributed by atoms with Crippen LogP contribution >= 0.6 is 0 Å². The summed E-state index contributed by atoms with van der Waals surface area (Å²) in [6.07, 6.45) is 1.44. The largest absolute Gasteiger partial charge is 0.373 e. The van der Waals surface area contributed by atoms with E-state index in [0.29, 0.717) is 17.8 Å². The smallest absolute Gasteiger partial charge is 0.0866 e. The molecule has 0 spiro atoms. The van der Waals surface area contributed by atoms with E-state index in [1.165, 1.54) is 17.5 Å². The van der Waals surface area contributed by atoms with Crippen LogP contribution in [0.25, 0.3) is 0 Å². The Morgan fingerprint density at radius 3 is 2.45 bits per heavy atom. The first kappa shape index (κ1) is 15.5. The molecular weight excluding hydrogens is 246 g/mol. The Kier molecular flexibility index (Phi) is 5.62. The van der Waals surface area contributed by atoms with Crippen molar-refractivity contribution in [2.24, 2.45) is 11.8 Å². The molecule has 20 heavy (non-hydrogen) atoms. The molecule has 0 amide bonds. The van der Waals surface area contributed by atoms with Crippen LogP contribution in [-0.4, -0.2) is 19.7 Å². The van der Waals surface area contributed by atoms with Crippen molar-refractivity contribution >= 4 is 0 Å². The lowest BCUT2D eigenvalue weighted by molar-refractivity contribution is 0.0903. The Hall–Kier alpha value is -0.860. The van der Waals surface area contributed by atoms with Crippen molar-refractivity contribution in [2.45, 2.75) is 46.1 Å². The van der Waals surface area contributed by atoms with Crippen LogP contribution in [0.1, 0.15) is 57.3 Å². The monoisotopic (exact) mass is 275 g/mol. The van der Waals surface area contributed by atoms with Crippen molar-refractivity contribution in [1.29, 1.82) is 0 Å². The highest BCUT2D eigenvalue weighted by Crippen LogP contribution is 2.34. The summed E-state index contributed by atoms with van der Waals surface area (Å²) < 4.78 is 5.97. The zero-order chi connectivity index (χ0) is 14.5. The highest BCUT2D eigenvalue weighted by molar-refractivity contribution is 5.27. The number of ether oxygens (including phenoxy) is 1. The Balaban J connectivity index is 1.95. The van der Waals surface area contributed by atoms with Crippen molar-refractivity contribution < 1.29 is 4.74 Å². The zero-order valence-electron chi connectivity index (χ0n) is 13.4. The van der Waals surface area contributed by atoms with Crippen LogP contribution < -0.4 is 5.32 Å². The lowest BCUT2D eigenvalue weighted by atomic mass is 9.93. The Morgan fingerprint density at radius 2 is 1.85 bits per heavy atom. The second kappa shape index (κ2) is 7.24. The first-order chi connectivity index (χ1) is 9.58. The zero-order valence-corrected chi connectivity index (χ0v) is 13.4. The molecule has 1 fully saturated rings. The molecule has 1 aliphatic heterocycles. The summed E-state index contributed by atoms with van der Waals surface area (Å²) in [6, 6.07) is 9.00. The molecule has 1 saturated heterocycles. The van der Waals surface area contributed by atoms with Gasteiger partial charge in [-0.1, -0.05) is 52.0 Å². The average Bonchev–Trinajstić information content (AvgIpc) is 2.87. The number of hydrogen-bond donors (Lipinski definition) is 1. The molecule has 112 valence electrons. The Labute approximate surface area is 123 Å². The van der Waals surface area contributed by atoms with Crippen LogP contribution in [-0.2, 0) is 4.74 Å². The lowest BCUT2D eigenvalue weighted by Crippen LogP contribution is -2.27. The van der Waals surface area contributed by atoms with E-state index >= 15 is 0 Å². The van der Waals surface area contributed by atoms with Gasteiger partial charge in [0.05, 0.1) is 6.10 Å². The molecule has 0 bridgehead atoms. The molecule has 0 aromatic heterocycles. The molecule has 0 radical (unpaired) electrons. The van der Waals surface area contributed by atoms with Crippen molar-refractivity contribution in [1.82, 2.24) is 5.32 Å². The molecule has 0 aliphatic carbocycles. The molecule has 1 N–H and O–H groups in total. The van der Waals surface area contributed by atoms with E-state index in [2.05, 4.69) is 57.3 Å². The van der Waals surface area contributed by atoms with E-state index in [0.717, 1.165) is 19.7 Å². The van der Waals surface area contributed by atoms with Gasteiger partial charge in [0.25, 0.3) is 0 Å². The molecule has 2 unspecified atom stereocenters. The summed E-state index contributed by atoms with van der Waals surface area (Å²) >= 11 is 0. The SMILES string of the molecule is CC(C)CNCC1CCOC1c1ccc(C(C)C)cc1. The van der Waals surface area contributed by atoms with E-state index in [1.807, 2.05) is 0 Å². The van der Waals surface area contributed by atoms with Gasteiger partial charge < -0.3 is 10.1 Å². The summed E-state index contributed by atoms with van der Waals surface area (Å²) in [4.78, 5) is 0. The summed E-state index contributed by atoms with van der Waals surface area (Å²) in [5, 5.41) is 3.58. The fourth-order valence-electron chi connectivity index (χ4n) is 2.84. The van der Waals surface area contributed by atoms with Crippen LogP contribution in [0.15, 0.2) is 24.3 Å². The first-order valence-corrected chi connectivity index (χ1v) is 8.00. The predicted octanol–water partition coefficient (Wildman–Crippen LogP) is 4.13. The second-order valence-corrected chi connectivity index (χ2v) is 6.71. The quantitative estimate of drug-likeness (QED) is 0.842. The predicted molar refractivity (Wildman–Crippen MR) is 85.0 cm³/mol. The molecule has 2 nitrogen and oxygen atoms in total. The normalized spacial score (nSPS) is 22.9. The van der Waals surface area contributed by atoms with Crippen LogP contribution in [0.4, 0.5) is 0 Å². The van der Waals surface area contributed by atoms with Gasteiger partial charge in [0.1, 0.15) is 0 Å². The number of hydrogen-bond acceptors (Lipinski definition) is 2. The van der Waals surface area contributed by atoms with E-state index in [4.69, 9.17) is 4.74 Å². The molecule has 1 aliphatic rings. The fourth-order valence-corrected chi connectivity index (χ4v) is 2.84. The van der Waals surface area contributed by atoms with Gasteiger partial charge in [-0.05, 0) is 35.9 Å². The van der Waals surface area contributed by atoms with Gasteiger partial charge in [-0.2, -0.15) is 0 Å². The van der Waals surface area contributed by atoms with Gasteiger partial charge in [0.2, 0.25) is 0 Å². The van der Waals surface area contributed by atoms with Crippen molar-refractivity contribution in [3.63, 3.8) is 0 Å². The minimum Gasteiger partial charge on any atom is -0.373 e. The highest BCUT2D eigenvalue weighted by Gasteiger charge is 2.29. The Bertz CT molecular complexity index is 396. The van der Waals surface area contributed by atoms with E-state index in [9.17, 15) is 0 Å². The highest BCUT2D eigenvalue weighted by atomic mass is 16.5. The topological polar surface area (TPSA) is 21.3 Å². The molecule has 0 saturated carbocycles. The minimum atomic E-state index is 0.274. The van der Waals surface area contributed by atoms with E-state index in [1.54, 1.807) is 0 Å². The minimum absolute atomic E-state index is 0.274. The van der Waals surface area contributed by atoms with Crippen molar-refractivity contribution in [3.05, 3.63) is 35.4 Å². The number of benzene rings is 1. The third-order valence-electron chi connectivity index (χ3n) is 4.10. The summed E-state index contributed by atoms with van der Waals surface area (Å²) in [6.45, 7) is 12.0. The van der Waals surface area contributed by atoms with Crippen LogP contribution in [0.2, 0.25) is 0 Å². The van der Waals surface area contributed by atoms with Gasteiger partial charge in [-0.25, -0.2) is 0 Å². The maximum Gasteiger partial charge on any atom is 0.0866 e. The molecule has 2 heteroatoms. The van der Waals surface area contributed by atoms with Crippen molar-refractivity contribution in [2.75, 3.05) is 19.7 Å². The summed E-state index contributed by atoms with van der Waals surface area (Å²) in [5.41, 5.74) is 2.74. The molecule has 2 rings (SSSR count). The average molecular weight is 275 g/mol. The maximum atomic E-state index is 5.97. The summed E-state index contributed by atoms with van der Waals surface area (Å²) in [7, 11) is 0. The summed E-state index contributed by atoms with van der Waals surface area (Å²) in [5.74, 6) is 1.91. The standard InChI is InChI=1S/C18H29NO/c1-13(2)11-19-12-17-9-10-20-18(17)16-7-5-15(6-8-16)14(3)4/h5-8,13-14,17-19H,9-12H2,1-4H3. The van der Waals surface area contributed by atoms with Crippen LogP contribution in [0.5, 0.6) is 0 Å². The van der Waals surface area contributed by atoms with Crippen LogP contribution in [0, 0.1) is 11.8 Å². The maximum absolute atomic E-state index is 5.97. The van der Waals surface area contributed by atoms with E-state index in [-0.39, 0.29) is 6.10 Å². The van der Waals surface area contributed by atoms with Crippen LogP contribution in [0.3, 0.4) is 0 Å². The third kappa shape index (κ3) is 4.07. The Morgan fingerprint density at radius 1 is 1.15 bits per heavy atom. The van der Waals surface area contributed by atoms with E-state index < -0.39 is 0 Å². The first-order valence-electron chi connectivity index (χ1n) is 8.00. The molecule has 1 aromatic rings. The van der Waals surface area contributed by atoms with Gasteiger partial charge in [-0.15, -0.1) is 0 Å². The fraction of sp³-hybridized carbons (Fsp3) is 0.667. The molecule has 1 aromatic carbocycles. The number of rotatable bonds is 6. The third-order valence-corrected chi connectivity index (χ3v) is 4.10. The van der Waals surface area contributed by atoms with Gasteiger partial charge >= 0.3 is 0 Å². The van der Waals surface area contributed by atoms with Gasteiger partial charge in [0.15, 0.2) is 0 Å². The second-order valence-electron chi connectivity index (χ2n) is 6.71. The van der Waals surface area contributed by atoms with Crippen molar-refractivity contribution in [3.8, 4) is 0 Å². The number of nitrogens with one attached hydrogen (secondary N) is 1. The molecular formula is C18H29NO. The van der Waals surface area contributed by atoms with Gasteiger partial charge in [-0.3, -0.25) is 0 Å². The lowest BCUT2D eigenvalue weighted by Gasteiger charge is -2.20.